The summed E-state index contributed by atoms with van der Waals surface area (Å²) in [4.78, 5) is 2.48. The summed E-state index contributed by atoms with van der Waals surface area (Å²) in [5.41, 5.74) is 21.4. The Bertz CT molecular complexity index is 3770. The summed E-state index contributed by atoms with van der Waals surface area (Å²) in [5, 5.41) is 5.24. The zero-order chi connectivity index (χ0) is 44.3. The molecule has 2 aliphatic rings. The van der Waals surface area contributed by atoms with Crippen molar-refractivity contribution in [1.82, 2.24) is 0 Å². The van der Waals surface area contributed by atoms with Crippen LogP contribution < -0.4 is 4.90 Å². The number of hydrogen-bond acceptors (Lipinski definition) is 2. The lowest BCUT2D eigenvalue weighted by Crippen LogP contribution is -2.16. The first-order valence-electron chi connectivity index (χ1n) is 23.2. The van der Waals surface area contributed by atoms with E-state index in [-0.39, 0.29) is 10.8 Å². The second-order valence-electron chi connectivity index (χ2n) is 19.2. The Hall–Kier alpha value is -7.52. The standard InChI is InChI=1S/C64H47NS/c1-63(2)56-27-10-7-21-50(56)52-36-33-43(39-58(52)63)46-19-9-12-29-59(46)65(45-18-13-17-42(38-45)47-23-14-25-53-51-22-8-11-28-57(51)64(3,4)60(47)53)44-34-30-41(31-35-44)49-24-15-26-54-55-37-32-40-16-5-6-20-48(40)62(55)66-61(49)54/h5-39H,1-4H3. The van der Waals surface area contributed by atoms with Crippen LogP contribution in [0.1, 0.15) is 49.9 Å². The number of benzene rings is 10. The molecule has 13 rings (SSSR count). The second kappa shape index (κ2) is 14.5. The highest BCUT2D eigenvalue weighted by molar-refractivity contribution is 7.27. The van der Waals surface area contributed by atoms with E-state index in [2.05, 4.69) is 245 Å². The van der Waals surface area contributed by atoms with Crippen LogP contribution in [0.3, 0.4) is 0 Å². The van der Waals surface area contributed by atoms with Crippen molar-refractivity contribution in [3.8, 4) is 55.6 Å². The summed E-state index contributed by atoms with van der Waals surface area (Å²) in [6, 6.07) is 79.4. The van der Waals surface area contributed by atoms with Gasteiger partial charge in [-0.05, 0) is 119 Å². The lowest BCUT2D eigenvalue weighted by Gasteiger charge is -2.29. The summed E-state index contributed by atoms with van der Waals surface area (Å²) in [7, 11) is 0. The van der Waals surface area contributed by atoms with Crippen molar-refractivity contribution in [3.63, 3.8) is 0 Å². The fourth-order valence-corrected chi connectivity index (χ4v) is 13.0. The minimum atomic E-state index is -0.133. The lowest BCUT2D eigenvalue weighted by atomic mass is 9.79. The Morgan fingerprint density at radius 2 is 0.909 bits per heavy atom. The van der Waals surface area contributed by atoms with Gasteiger partial charge in [0.25, 0.3) is 0 Å². The average Bonchev–Trinajstić information content (AvgIpc) is 3.95. The minimum Gasteiger partial charge on any atom is -0.310 e. The van der Waals surface area contributed by atoms with E-state index in [4.69, 9.17) is 0 Å². The van der Waals surface area contributed by atoms with Gasteiger partial charge in [-0.3, -0.25) is 0 Å². The number of hydrogen-bond donors (Lipinski definition) is 0. The SMILES string of the molecule is CC1(C)c2ccccc2-c2ccc(-c3ccccc3N(c3ccc(-c4cccc5c4sc4c6ccccc6ccc54)cc3)c3cccc(-c4cccc5c4C(C)(C)c4ccccc4-5)c3)cc21. The van der Waals surface area contributed by atoms with Crippen molar-refractivity contribution >= 4 is 59.3 Å². The molecule has 10 aromatic carbocycles. The predicted molar refractivity (Wildman–Crippen MR) is 283 cm³/mol. The Labute approximate surface area is 390 Å². The van der Waals surface area contributed by atoms with Gasteiger partial charge in [0.05, 0.1) is 5.69 Å². The molecule has 0 spiro atoms. The molecule has 0 unspecified atom stereocenters. The number of thiophene rings is 1. The highest BCUT2D eigenvalue weighted by Crippen LogP contribution is 2.54. The van der Waals surface area contributed by atoms with Crippen molar-refractivity contribution in [2.75, 3.05) is 4.90 Å². The highest BCUT2D eigenvalue weighted by Gasteiger charge is 2.38. The fourth-order valence-electron chi connectivity index (χ4n) is 11.7. The molecule has 66 heavy (non-hydrogen) atoms. The van der Waals surface area contributed by atoms with E-state index in [1.165, 1.54) is 109 Å². The molecular formula is C64H47NS. The number of nitrogens with zero attached hydrogens (tertiary/aromatic N) is 1. The molecule has 0 saturated carbocycles. The monoisotopic (exact) mass is 861 g/mol. The fraction of sp³-hybridized carbons (Fsp3) is 0.0938. The highest BCUT2D eigenvalue weighted by atomic mass is 32.1. The topological polar surface area (TPSA) is 3.24 Å². The van der Waals surface area contributed by atoms with Gasteiger partial charge in [-0.15, -0.1) is 11.3 Å². The Balaban J connectivity index is 0.976. The predicted octanol–water partition coefficient (Wildman–Crippen LogP) is 18.3. The third-order valence-corrected chi connectivity index (χ3v) is 16.1. The van der Waals surface area contributed by atoms with Crippen LogP contribution in [0.5, 0.6) is 0 Å². The van der Waals surface area contributed by atoms with E-state index in [1.54, 1.807) is 0 Å². The summed E-state index contributed by atoms with van der Waals surface area (Å²) in [6.45, 7) is 9.50. The third kappa shape index (κ3) is 5.71. The number of para-hydroxylation sites is 1. The molecule has 314 valence electrons. The first-order valence-corrected chi connectivity index (χ1v) is 24.0. The van der Waals surface area contributed by atoms with E-state index < -0.39 is 0 Å². The van der Waals surface area contributed by atoms with Gasteiger partial charge in [0.15, 0.2) is 0 Å². The van der Waals surface area contributed by atoms with E-state index in [1.807, 2.05) is 11.3 Å². The number of fused-ring (bicyclic) bond motifs is 11. The number of anilines is 3. The summed E-state index contributed by atoms with van der Waals surface area (Å²) in [6.07, 6.45) is 0. The molecule has 0 radical (unpaired) electrons. The Kier molecular flexibility index (Phi) is 8.54. The molecule has 0 atom stereocenters. The molecule has 2 heteroatoms. The molecule has 0 aliphatic heterocycles. The maximum atomic E-state index is 2.48. The lowest BCUT2D eigenvalue weighted by molar-refractivity contribution is 0.660. The van der Waals surface area contributed by atoms with Crippen molar-refractivity contribution in [3.05, 3.63) is 235 Å². The Morgan fingerprint density at radius 1 is 0.333 bits per heavy atom. The van der Waals surface area contributed by atoms with Crippen LogP contribution in [0.15, 0.2) is 212 Å². The van der Waals surface area contributed by atoms with Gasteiger partial charge in [0, 0.05) is 47.9 Å². The molecule has 2 aliphatic carbocycles. The normalized spacial score (nSPS) is 14.0. The molecule has 1 heterocycles. The largest absolute Gasteiger partial charge is 0.310 e. The van der Waals surface area contributed by atoms with Gasteiger partial charge in [0.2, 0.25) is 0 Å². The van der Waals surface area contributed by atoms with Gasteiger partial charge < -0.3 is 4.90 Å². The smallest absolute Gasteiger partial charge is 0.0540 e. The van der Waals surface area contributed by atoms with Crippen LogP contribution in [0, 0.1) is 0 Å². The van der Waals surface area contributed by atoms with Gasteiger partial charge in [-0.25, -0.2) is 0 Å². The van der Waals surface area contributed by atoms with Crippen LogP contribution >= 0.6 is 11.3 Å². The minimum absolute atomic E-state index is 0.103. The first kappa shape index (κ1) is 38.9. The van der Waals surface area contributed by atoms with Crippen molar-refractivity contribution in [2.24, 2.45) is 0 Å². The molecule has 1 aromatic heterocycles. The number of rotatable bonds is 6. The molecule has 1 nitrogen and oxygen atoms in total. The maximum absolute atomic E-state index is 2.48. The molecule has 0 amide bonds. The molecule has 0 fully saturated rings. The summed E-state index contributed by atoms with van der Waals surface area (Å²) < 4.78 is 2.68. The zero-order valence-electron chi connectivity index (χ0n) is 37.6. The third-order valence-electron chi connectivity index (χ3n) is 14.9. The van der Waals surface area contributed by atoms with Crippen molar-refractivity contribution in [2.45, 2.75) is 38.5 Å². The van der Waals surface area contributed by atoms with Crippen LogP contribution in [0.25, 0.3) is 86.6 Å². The molecule has 0 saturated heterocycles. The van der Waals surface area contributed by atoms with E-state index in [9.17, 15) is 0 Å². The first-order chi connectivity index (χ1) is 32.3. The van der Waals surface area contributed by atoms with E-state index in [0.717, 1.165) is 17.1 Å². The summed E-state index contributed by atoms with van der Waals surface area (Å²) >= 11 is 1.91. The average molecular weight is 862 g/mol. The van der Waals surface area contributed by atoms with Crippen LogP contribution in [0.4, 0.5) is 17.1 Å². The quantitative estimate of drug-likeness (QED) is 0.161. The Morgan fingerprint density at radius 3 is 1.74 bits per heavy atom. The second-order valence-corrected chi connectivity index (χ2v) is 20.2. The van der Waals surface area contributed by atoms with Crippen LogP contribution in [0.2, 0.25) is 0 Å². The summed E-state index contributed by atoms with van der Waals surface area (Å²) in [5.74, 6) is 0. The zero-order valence-corrected chi connectivity index (χ0v) is 38.4. The van der Waals surface area contributed by atoms with Crippen molar-refractivity contribution in [1.29, 1.82) is 0 Å². The van der Waals surface area contributed by atoms with E-state index >= 15 is 0 Å². The molecule has 11 aromatic rings. The van der Waals surface area contributed by atoms with Gasteiger partial charge in [0.1, 0.15) is 0 Å². The van der Waals surface area contributed by atoms with Gasteiger partial charge in [-0.1, -0.05) is 204 Å². The molecule has 0 bridgehead atoms. The van der Waals surface area contributed by atoms with Gasteiger partial charge in [-0.2, -0.15) is 0 Å². The molecule has 0 N–H and O–H groups in total. The van der Waals surface area contributed by atoms with Crippen molar-refractivity contribution < 1.29 is 0 Å². The maximum Gasteiger partial charge on any atom is 0.0540 e. The molecular weight excluding hydrogens is 815 g/mol. The van der Waals surface area contributed by atoms with Crippen LogP contribution in [-0.4, -0.2) is 0 Å². The van der Waals surface area contributed by atoms with E-state index in [0.29, 0.717) is 0 Å². The van der Waals surface area contributed by atoms with Crippen LogP contribution in [-0.2, 0) is 10.8 Å². The van der Waals surface area contributed by atoms with Gasteiger partial charge >= 0.3 is 0 Å².